The molecule has 142 valence electrons. The number of aromatic amines is 1. The van der Waals surface area contributed by atoms with Crippen LogP contribution >= 0.6 is 11.6 Å². The third kappa shape index (κ3) is 4.64. The minimum absolute atomic E-state index is 0.430. The number of aromatic nitrogens is 4. The molecule has 3 N–H and O–H groups in total. The molecule has 0 unspecified atom stereocenters. The summed E-state index contributed by atoms with van der Waals surface area (Å²) in [6.07, 6.45) is 0.110. The molecular weight excluding hydrogens is 385 g/mol. The Hall–Kier alpha value is -2.88. The lowest BCUT2D eigenvalue weighted by Gasteiger charge is -2.16. The van der Waals surface area contributed by atoms with Crippen molar-refractivity contribution in [1.29, 1.82) is 0 Å². The highest BCUT2D eigenvalue weighted by molar-refractivity contribution is 6.31. The van der Waals surface area contributed by atoms with Gasteiger partial charge in [-0.25, -0.2) is 4.98 Å². The number of nitrogens with zero attached hydrogens (tertiary/aromatic N) is 3. The number of hydrogen-bond donors (Lipinski definition) is 3. The summed E-state index contributed by atoms with van der Waals surface area (Å²) in [4.78, 5) is 18.9. The first kappa shape index (κ1) is 18.9. The number of nitrogens with one attached hydrogen (secondary N) is 3. The third-order valence-corrected chi connectivity index (χ3v) is 3.87. The van der Waals surface area contributed by atoms with E-state index in [1.54, 1.807) is 18.3 Å². The second kappa shape index (κ2) is 7.39. The Morgan fingerprint density at radius 1 is 1.33 bits per heavy atom. The van der Waals surface area contributed by atoms with Crippen molar-refractivity contribution in [3.63, 3.8) is 0 Å². The first-order chi connectivity index (χ1) is 12.7. The van der Waals surface area contributed by atoms with Crippen molar-refractivity contribution >= 4 is 34.2 Å². The molecular formula is C16H14ClF3N6O. The number of carbonyl (C=O) groups is 1. The Kier molecular flexibility index (Phi) is 5.17. The van der Waals surface area contributed by atoms with Crippen LogP contribution < -0.4 is 10.6 Å². The summed E-state index contributed by atoms with van der Waals surface area (Å²) >= 11 is 5.98. The van der Waals surface area contributed by atoms with Crippen LogP contribution in [0.3, 0.4) is 0 Å². The molecule has 0 saturated heterocycles. The van der Waals surface area contributed by atoms with Crippen molar-refractivity contribution in [3.8, 4) is 11.3 Å². The van der Waals surface area contributed by atoms with Gasteiger partial charge in [0.15, 0.2) is 0 Å². The number of hydrogen-bond acceptors (Lipinski definition) is 5. The average Bonchev–Trinajstić information content (AvgIpc) is 3.02. The number of pyridine rings is 1. The van der Waals surface area contributed by atoms with Gasteiger partial charge in [0.2, 0.25) is 5.91 Å². The summed E-state index contributed by atoms with van der Waals surface area (Å²) in [5.74, 6) is -0.784. The van der Waals surface area contributed by atoms with E-state index in [1.165, 1.54) is 19.3 Å². The van der Waals surface area contributed by atoms with Gasteiger partial charge in [0, 0.05) is 23.3 Å². The van der Waals surface area contributed by atoms with Crippen molar-refractivity contribution in [2.24, 2.45) is 0 Å². The molecule has 0 aliphatic heterocycles. The van der Waals surface area contributed by atoms with E-state index in [-0.39, 0.29) is 0 Å². The zero-order valence-corrected chi connectivity index (χ0v) is 14.7. The second-order valence-electron chi connectivity index (χ2n) is 5.78. The molecule has 0 aliphatic rings. The monoisotopic (exact) mass is 398 g/mol. The maximum absolute atomic E-state index is 12.2. The van der Waals surface area contributed by atoms with Crippen molar-refractivity contribution in [1.82, 2.24) is 25.5 Å². The summed E-state index contributed by atoms with van der Waals surface area (Å²) in [6, 6.07) is 2.46. The fourth-order valence-electron chi connectivity index (χ4n) is 2.42. The molecule has 0 spiro atoms. The van der Waals surface area contributed by atoms with Gasteiger partial charge in [-0.3, -0.25) is 4.79 Å². The molecule has 11 heteroatoms. The number of carbonyl (C=O) groups excluding carboxylic acids is 1. The van der Waals surface area contributed by atoms with E-state index >= 15 is 0 Å². The number of alkyl halides is 3. The van der Waals surface area contributed by atoms with Crippen LogP contribution in [0, 0.1) is 0 Å². The van der Waals surface area contributed by atoms with Crippen LogP contribution in [0.5, 0.6) is 0 Å². The Morgan fingerprint density at radius 3 is 2.85 bits per heavy atom. The van der Waals surface area contributed by atoms with Crippen molar-refractivity contribution in [2.45, 2.75) is 19.1 Å². The summed E-state index contributed by atoms with van der Waals surface area (Å²) in [5, 5.41) is 13.8. The molecule has 7 nitrogen and oxygen atoms in total. The number of rotatable bonds is 5. The van der Waals surface area contributed by atoms with E-state index in [0.717, 1.165) is 5.39 Å². The van der Waals surface area contributed by atoms with Crippen LogP contribution in [-0.2, 0) is 4.79 Å². The van der Waals surface area contributed by atoms with Crippen LogP contribution in [-0.4, -0.2) is 44.8 Å². The first-order valence-electron chi connectivity index (χ1n) is 7.79. The quantitative estimate of drug-likeness (QED) is 0.613. The molecule has 1 amide bonds. The minimum Gasteiger partial charge on any atom is -0.373 e. The fourth-order valence-corrected chi connectivity index (χ4v) is 2.58. The average molecular weight is 399 g/mol. The Labute approximate surface area is 156 Å². The smallest absolute Gasteiger partial charge is 0.373 e. The lowest BCUT2D eigenvalue weighted by molar-refractivity contribution is -0.138. The van der Waals surface area contributed by atoms with E-state index in [0.29, 0.717) is 27.6 Å². The minimum atomic E-state index is -4.47. The lowest BCUT2D eigenvalue weighted by atomic mass is 10.1. The summed E-state index contributed by atoms with van der Waals surface area (Å²) < 4.78 is 36.6. The summed E-state index contributed by atoms with van der Waals surface area (Å²) in [6.45, 7) is 0.0575. The standard InChI is InChI=1S/C16H14ClF3N6O/c1-8(15(27)23-7-16(18,19)20)25-10-3-13(26-24-5-10)12-6-22-14-11(12)2-9(17)4-21-14/h2-6,8H,7H2,1H3,(H,21,22)(H,23,27)(H,25,26)/t8-/m1/s1. The van der Waals surface area contributed by atoms with E-state index in [1.807, 2.05) is 5.32 Å². The summed E-state index contributed by atoms with van der Waals surface area (Å²) in [7, 11) is 0. The Bertz CT molecular complexity index is 974. The first-order valence-corrected chi connectivity index (χ1v) is 8.17. The van der Waals surface area contributed by atoms with Gasteiger partial charge in [-0.05, 0) is 19.1 Å². The molecule has 3 heterocycles. The molecule has 3 rings (SSSR count). The van der Waals surface area contributed by atoms with Crippen LogP contribution in [0.4, 0.5) is 18.9 Å². The van der Waals surface area contributed by atoms with Crippen molar-refractivity contribution in [3.05, 3.63) is 35.7 Å². The molecule has 0 radical (unpaired) electrons. The van der Waals surface area contributed by atoms with Gasteiger partial charge in [-0.1, -0.05) is 11.6 Å². The highest BCUT2D eigenvalue weighted by Crippen LogP contribution is 2.29. The molecule has 0 saturated carbocycles. The van der Waals surface area contributed by atoms with Crippen LogP contribution in [0.25, 0.3) is 22.3 Å². The van der Waals surface area contributed by atoms with Gasteiger partial charge in [0.25, 0.3) is 0 Å². The van der Waals surface area contributed by atoms with Crippen molar-refractivity contribution < 1.29 is 18.0 Å². The van der Waals surface area contributed by atoms with Gasteiger partial charge in [0.1, 0.15) is 18.2 Å². The molecule has 0 aromatic carbocycles. The molecule has 3 aromatic heterocycles. The van der Waals surface area contributed by atoms with Gasteiger partial charge < -0.3 is 15.6 Å². The number of halogens is 4. The number of anilines is 1. The van der Waals surface area contributed by atoms with E-state index in [9.17, 15) is 18.0 Å². The topological polar surface area (TPSA) is 95.6 Å². The normalized spacial score (nSPS) is 12.8. The second-order valence-corrected chi connectivity index (χ2v) is 6.22. The number of H-pyrrole nitrogens is 1. The van der Waals surface area contributed by atoms with Gasteiger partial charge >= 0.3 is 6.18 Å². The van der Waals surface area contributed by atoms with Gasteiger partial charge in [-0.15, -0.1) is 0 Å². The predicted octanol–water partition coefficient (Wildman–Crippen LogP) is 3.15. The maximum atomic E-state index is 12.2. The summed E-state index contributed by atoms with van der Waals surface area (Å²) in [5.41, 5.74) is 2.23. The Morgan fingerprint density at radius 2 is 2.11 bits per heavy atom. The third-order valence-electron chi connectivity index (χ3n) is 3.67. The SMILES string of the molecule is C[C@@H](Nc1cnnc(-c2c[nH]c3ncc(Cl)cc23)c1)C(=O)NCC(F)(F)F. The number of fused-ring (bicyclic) bond motifs is 1. The molecule has 0 fully saturated rings. The van der Waals surface area contributed by atoms with Crippen molar-refractivity contribution in [2.75, 3.05) is 11.9 Å². The Balaban J connectivity index is 1.77. The predicted molar refractivity (Wildman–Crippen MR) is 94.3 cm³/mol. The highest BCUT2D eigenvalue weighted by atomic mass is 35.5. The fraction of sp³-hybridized carbons (Fsp3) is 0.250. The highest BCUT2D eigenvalue weighted by Gasteiger charge is 2.28. The lowest BCUT2D eigenvalue weighted by Crippen LogP contribution is -2.42. The maximum Gasteiger partial charge on any atom is 0.405 e. The molecule has 27 heavy (non-hydrogen) atoms. The number of amides is 1. The van der Waals surface area contributed by atoms with E-state index in [2.05, 4.69) is 25.5 Å². The molecule has 0 bridgehead atoms. The zero-order chi connectivity index (χ0) is 19.6. The van der Waals surface area contributed by atoms with Gasteiger partial charge in [-0.2, -0.15) is 23.4 Å². The van der Waals surface area contributed by atoms with E-state index in [4.69, 9.17) is 11.6 Å². The molecule has 3 aromatic rings. The van der Waals surface area contributed by atoms with Gasteiger partial charge in [0.05, 0.1) is 22.6 Å². The molecule has 1 atom stereocenters. The van der Waals surface area contributed by atoms with Crippen LogP contribution in [0.15, 0.2) is 30.7 Å². The van der Waals surface area contributed by atoms with Crippen LogP contribution in [0.1, 0.15) is 6.92 Å². The van der Waals surface area contributed by atoms with Crippen LogP contribution in [0.2, 0.25) is 5.02 Å². The largest absolute Gasteiger partial charge is 0.405 e. The zero-order valence-electron chi connectivity index (χ0n) is 13.9. The molecule has 0 aliphatic carbocycles. The van der Waals surface area contributed by atoms with E-state index < -0.39 is 24.7 Å².